The van der Waals surface area contributed by atoms with Gasteiger partial charge >= 0.3 is 5.97 Å². The number of carboxylic acids is 1. The lowest BCUT2D eigenvalue weighted by molar-refractivity contribution is -0.136. The normalized spacial score (nSPS) is 11.1. The van der Waals surface area contributed by atoms with Crippen LogP contribution in [0.1, 0.15) is 11.4 Å². The van der Waals surface area contributed by atoms with Crippen LogP contribution in [0.3, 0.4) is 0 Å². The lowest BCUT2D eigenvalue weighted by Gasteiger charge is -2.03. The van der Waals surface area contributed by atoms with Gasteiger partial charge in [0.15, 0.2) is 4.96 Å². The fourth-order valence-corrected chi connectivity index (χ4v) is 3.09. The second kappa shape index (κ2) is 4.72. The quantitative estimate of drug-likeness (QED) is 0.806. The lowest BCUT2D eigenvalue weighted by atomic mass is 10.1. The zero-order valence-electron chi connectivity index (χ0n) is 10.6. The van der Waals surface area contributed by atoms with Crippen molar-refractivity contribution in [3.05, 3.63) is 46.9 Å². The molecule has 0 bridgehead atoms. The number of aryl methyl sites for hydroxylation is 1. The first-order valence-corrected chi connectivity index (χ1v) is 6.87. The van der Waals surface area contributed by atoms with Crippen molar-refractivity contribution >= 4 is 22.3 Å². The van der Waals surface area contributed by atoms with Crippen LogP contribution in [0.25, 0.3) is 16.2 Å². The maximum Gasteiger partial charge on any atom is 0.309 e. The molecule has 0 radical (unpaired) electrons. The topological polar surface area (TPSA) is 54.6 Å². The molecular weight excluding hydrogens is 279 g/mol. The minimum Gasteiger partial charge on any atom is -0.481 e. The molecule has 4 nitrogen and oxygen atoms in total. The SMILES string of the molecule is Cc1csc2nc(-c3ccc(F)cc3)c(CC(=O)O)n12. The number of rotatable bonds is 3. The van der Waals surface area contributed by atoms with E-state index in [4.69, 9.17) is 5.11 Å². The Bertz CT molecular complexity index is 789. The van der Waals surface area contributed by atoms with Gasteiger partial charge in [0.05, 0.1) is 17.8 Å². The van der Waals surface area contributed by atoms with Gasteiger partial charge in [-0.05, 0) is 31.2 Å². The Kier molecular flexibility index (Phi) is 3.02. The van der Waals surface area contributed by atoms with Gasteiger partial charge < -0.3 is 5.11 Å². The van der Waals surface area contributed by atoms with Gasteiger partial charge in [-0.15, -0.1) is 11.3 Å². The molecule has 102 valence electrons. The molecule has 0 saturated carbocycles. The van der Waals surface area contributed by atoms with Crippen LogP contribution in [-0.4, -0.2) is 20.5 Å². The number of aromatic nitrogens is 2. The summed E-state index contributed by atoms with van der Waals surface area (Å²) in [5.41, 5.74) is 2.89. The van der Waals surface area contributed by atoms with Crippen LogP contribution in [0.2, 0.25) is 0 Å². The second-order valence-electron chi connectivity index (χ2n) is 4.48. The Morgan fingerprint density at radius 3 is 2.75 bits per heavy atom. The number of thiazole rings is 1. The Balaban J connectivity index is 2.23. The first-order chi connectivity index (χ1) is 9.56. The highest BCUT2D eigenvalue weighted by molar-refractivity contribution is 7.15. The van der Waals surface area contributed by atoms with Crippen molar-refractivity contribution in [2.24, 2.45) is 0 Å². The maximum absolute atomic E-state index is 13.0. The molecule has 0 aliphatic heterocycles. The van der Waals surface area contributed by atoms with Crippen LogP contribution in [0.4, 0.5) is 4.39 Å². The van der Waals surface area contributed by atoms with Gasteiger partial charge in [0, 0.05) is 16.6 Å². The molecule has 2 heterocycles. The van der Waals surface area contributed by atoms with Crippen LogP contribution in [0.15, 0.2) is 29.6 Å². The van der Waals surface area contributed by atoms with Crippen LogP contribution < -0.4 is 0 Å². The van der Waals surface area contributed by atoms with E-state index < -0.39 is 5.97 Å². The van der Waals surface area contributed by atoms with Gasteiger partial charge in [0.25, 0.3) is 0 Å². The summed E-state index contributed by atoms with van der Waals surface area (Å²) in [6, 6.07) is 5.92. The van der Waals surface area contributed by atoms with Crippen molar-refractivity contribution in [1.82, 2.24) is 9.38 Å². The van der Waals surface area contributed by atoms with Gasteiger partial charge in [-0.25, -0.2) is 9.37 Å². The number of hydrogen-bond donors (Lipinski definition) is 1. The Morgan fingerprint density at radius 2 is 2.10 bits per heavy atom. The zero-order chi connectivity index (χ0) is 14.3. The molecule has 2 aromatic heterocycles. The fourth-order valence-electron chi connectivity index (χ4n) is 2.21. The largest absolute Gasteiger partial charge is 0.481 e. The smallest absolute Gasteiger partial charge is 0.309 e. The van der Waals surface area contributed by atoms with Gasteiger partial charge in [0.2, 0.25) is 0 Å². The molecule has 0 fully saturated rings. The molecule has 0 spiro atoms. The first-order valence-electron chi connectivity index (χ1n) is 5.99. The van der Waals surface area contributed by atoms with Crippen molar-refractivity contribution in [1.29, 1.82) is 0 Å². The molecule has 0 aliphatic rings. The molecule has 0 saturated heterocycles. The third-order valence-corrected chi connectivity index (χ3v) is 4.01. The van der Waals surface area contributed by atoms with E-state index in [-0.39, 0.29) is 12.2 Å². The summed E-state index contributed by atoms with van der Waals surface area (Å²) in [5.74, 6) is -1.24. The molecule has 1 N–H and O–H groups in total. The minimum absolute atomic E-state index is 0.120. The predicted molar refractivity (Wildman–Crippen MR) is 74.5 cm³/mol. The number of carboxylic acid groups (broad SMARTS) is 1. The van der Waals surface area contributed by atoms with Crippen LogP contribution in [-0.2, 0) is 11.2 Å². The van der Waals surface area contributed by atoms with E-state index in [1.54, 1.807) is 12.1 Å². The van der Waals surface area contributed by atoms with Crippen molar-refractivity contribution in [2.75, 3.05) is 0 Å². The number of hydrogen-bond acceptors (Lipinski definition) is 3. The molecule has 0 unspecified atom stereocenters. The van der Waals surface area contributed by atoms with E-state index in [2.05, 4.69) is 4.98 Å². The zero-order valence-corrected chi connectivity index (χ0v) is 11.4. The second-order valence-corrected chi connectivity index (χ2v) is 5.32. The fraction of sp³-hybridized carbons (Fsp3) is 0.143. The molecule has 0 atom stereocenters. The van der Waals surface area contributed by atoms with Crippen molar-refractivity contribution in [2.45, 2.75) is 13.3 Å². The third kappa shape index (κ3) is 2.08. The summed E-state index contributed by atoms with van der Waals surface area (Å²) < 4.78 is 14.8. The Labute approximate surface area is 118 Å². The summed E-state index contributed by atoms with van der Waals surface area (Å²) in [7, 11) is 0. The van der Waals surface area contributed by atoms with Crippen LogP contribution in [0.5, 0.6) is 0 Å². The predicted octanol–water partition coefficient (Wildman–Crippen LogP) is 3.14. The number of benzene rings is 1. The summed E-state index contributed by atoms with van der Waals surface area (Å²) in [6.07, 6.45) is -0.120. The average molecular weight is 290 g/mol. The Morgan fingerprint density at radius 1 is 1.40 bits per heavy atom. The van der Waals surface area contributed by atoms with Gasteiger partial charge in [0.1, 0.15) is 5.82 Å². The van der Waals surface area contributed by atoms with E-state index >= 15 is 0 Å². The number of nitrogens with zero attached hydrogens (tertiary/aromatic N) is 2. The van der Waals surface area contributed by atoms with Crippen molar-refractivity contribution in [3.63, 3.8) is 0 Å². The summed E-state index contributed by atoms with van der Waals surface area (Å²) in [4.78, 5) is 16.3. The highest BCUT2D eigenvalue weighted by Crippen LogP contribution is 2.28. The highest BCUT2D eigenvalue weighted by atomic mass is 32.1. The number of fused-ring (bicyclic) bond motifs is 1. The van der Waals surface area contributed by atoms with Crippen LogP contribution in [0, 0.1) is 12.7 Å². The lowest BCUT2D eigenvalue weighted by Crippen LogP contribution is -2.05. The van der Waals surface area contributed by atoms with Gasteiger partial charge in [-0.1, -0.05) is 0 Å². The number of halogens is 1. The van der Waals surface area contributed by atoms with Gasteiger partial charge in [-0.2, -0.15) is 0 Å². The number of carbonyl (C=O) groups is 1. The number of aliphatic carboxylic acids is 1. The van der Waals surface area contributed by atoms with E-state index in [9.17, 15) is 9.18 Å². The maximum atomic E-state index is 13.0. The molecule has 6 heteroatoms. The van der Waals surface area contributed by atoms with E-state index in [1.807, 2.05) is 16.7 Å². The summed E-state index contributed by atoms with van der Waals surface area (Å²) >= 11 is 1.46. The first kappa shape index (κ1) is 12.8. The van der Waals surface area contributed by atoms with E-state index in [0.717, 1.165) is 16.2 Å². The van der Waals surface area contributed by atoms with E-state index in [0.29, 0.717) is 11.4 Å². The third-order valence-electron chi connectivity index (χ3n) is 3.07. The van der Waals surface area contributed by atoms with Crippen molar-refractivity contribution in [3.8, 4) is 11.3 Å². The van der Waals surface area contributed by atoms with E-state index in [1.165, 1.54) is 23.5 Å². The van der Waals surface area contributed by atoms with Crippen molar-refractivity contribution < 1.29 is 14.3 Å². The molecule has 0 amide bonds. The summed E-state index contributed by atoms with van der Waals surface area (Å²) in [5, 5.41) is 11.0. The molecule has 1 aromatic carbocycles. The monoisotopic (exact) mass is 290 g/mol. The molecule has 20 heavy (non-hydrogen) atoms. The molecular formula is C14H11FN2O2S. The highest BCUT2D eigenvalue weighted by Gasteiger charge is 2.18. The minimum atomic E-state index is -0.916. The standard InChI is InChI=1S/C14H11FN2O2S/c1-8-7-20-14-16-13(9-2-4-10(15)5-3-9)11(17(8)14)6-12(18)19/h2-5,7H,6H2,1H3,(H,18,19). The molecule has 0 aliphatic carbocycles. The average Bonchev–Trinajstić information content (AvgIpc) is 2.92. The Hall–Kier alpha value is -2.21. The summed E-state index contributed by atoms with van der Waals surface area (Å²) in [6.45, 7) is 1.91. The number of imidazole rings is 1. The van der Waals surface area contributed by atoms with Crippen LogP contribution >= 0.6 is 11.3 Å². The molecule has 3 aromatic rings. The molecule has 3 rings (SSSR count). The van der Waals surface area contributed by atoms with Gasteiger partial charge in [-0.3, -0.25) is 9.20 Å².